The Morgan fingerprint density at radius 1 is 1.08 bits per heavy atom. The molecule has 0 saturated carbocycles. The van der Waals surface area contributed by atoms with Crippen molar-refractivity contribution < 1.29 is 24.1 Å². The number of phenols is 1. The van der Waals surface area contributed by atoms with Gasteiger partial charge in [0, 0.05) is 48.5 Å². The number of hydrogen-bond donors (Lipinski definition) is 1. The van der Waals surface area contributed by atoms with Gasteiger partial charge in [-0.2, -0.15) is 0 Å². The lowest BCUT2D eigenvalue weighted by Crippen LogP contribution is -2.48. The van der Waals surface area contributed by atoms with Crippen LogP contribution in [0.2, 0.25) is 10.0 Å². The van der Waals surface area contributed by atoms with Crippen molar-refractivity contribution in [1.29, 1.82) is 0 Å². The highest BCUT2D eigenvalue weighted by Crippen LogP contribution is 2.38. The number of amides is 1. The summed E-state index contributed by atoms with van der Waals surface area (Å²) < 4.78 is 18.1. The molecule has 2 saturated heterocycles. The molecule has 0 radical (unpaired) electrons. The van der Waals surface area contributed by atoms with Crippen LogP contribution < -0.4 is 9.64 Å². The van der Waals surface area contributed by atoms with Crippen LogP contribution in [0.5, 0.6) is 11.5 Å². The van der Waals surface area contributed by atoms with Gasteiger partial charge in [-0.1, -0.05) is 41.4 Å². The summed E-state index contributed by atoms with van der Waals surface area (Å²) in [6, 6.07) is 20.0. The van der Waals surface area contributed by atoms with Gasteiger partial charge in [0.25, 0.3) is 0 Å². The predicted molar refractivity (Wildman–Crippen MR) is 153 cm³/mol. The molecule has 1 amide bonds. The highest BCUT2D eigenvalue weighted by molar-refractivity contribution is 6.35. The first-order valence-corrected chi connectivity index (χ1v) is 13.6. The van der Waals surface area contributed by atoms with E-state index in [9.17, 15) is 9.90 Å². The summed E-state index contributed by atoms with van der Waals surface area (Å²) in [6.07, 6.45) is 3.04. The van der Waals surface area contributed by atoms with Crippen LogP contribution in [-0.4, -0.2) is 61.4 Å². The highest BCUT2D eigenvalue weighted by atomic mass is 35.5. The molecule has 2 heterocycles. The lowest BCUT2D eigenvalue weighted by Gasteiger charge is -2.35. The van der Waals surface area contributed by atoms with Gasteiger partial charge in [-0.15, -0.1) is 0 Å². The normalized spacial score (nSPS) is 21.5. The smallest absolute Gasteiger partial charge is 0.246 e. The minimum absolute atomic E-state index is 0.0331. The monoisotopic (exact) mass is 568 g/mol. The van der Waals surface area contributed by atoms with E-state index in [1.165, 1.54) is 0 Å². The van der Waals surface area contributed by atoms with Crippen molar-refractivity contribution in [3.8, 4) is 11.5 Å². The van der Waals surface area contributed by atoms with Gasteiger partial charge in [0.05, 0.1) is 11.6 Å². The van der Waals surface area contributed by atoms with E-state index in [0.29, 0.717) is 36.3 Å². The molecule has 9 heteroatoms. The quantitative estimate of drug-likeness (QED) is 0.367. The summed E-state index contributed by atoms with van der Waals surface area (Å²) in [7, 11) is 0. The van der Waals surface area contributed by atoms with E-state index in [-0.39, 0.29) is 17.8 Å². The Hall–Kier alpha value is -3.23. The molecular weight excluding hydrogens is 539 g/mol. The maximum atomic E-state index is 12.6. The largest absolute Gasteiger partial charge is 0.508 e. The van der Waals surface area contributed by atoms with Crippen molar-refractivity contribution in [2.45, 2.75) is 18.8 Å². The molecule has 1 N–H and O–H groups in total. The second-order valence-corrected chi connectivity index (χ2v) is 10.5. The fraction of sp³-hybridized carbons (Fsp3) is 0.300. The van der Waals surface area contributed by atoms with Crippen molar-refractivity contribution in [3.05, 3.63) is 94.0 Å². The van der Waals surface area contributed by atoms with Crippen LogP contribution in [0, 0.1) is 0 Å². The van der Waals surface area contributed by atoms with E-state index in [4.69, 9.17) is 37.4 Å². The van der Waals surface area contributed by atoms with Crippen molar-refractivity contribution in [1.82, 2.24) is 4.90 Å². The first kappa shape index (κ1) is 27.3. The van der Waals surface area contributed by atoms with Crippen LogP contribution in [0.4, 0.5) is 5.69 Å². The zero-order valence-electron chi connectivity index (χ0n) is 21.6. The fourth-order valence-corrected chi connectivity index (χ4v) is 5.33. The number of phenolic OH excluding ortho intramolecular Hbond substituents is 1. The maximum absolute atomic E-state index is 12.6. The zero-order valence-corrected chi connectivity index (χ0v) is 23.1. The Bertz CT molecular complexity index is 1340. The average molecular weight is 569 g/mol. The molecule has 0 bridgehead atoms. The number of ether oxygens (including phenoxy) is 3. The van der Waals surface area contributed by atoms with Crippen molar-refractivity contribution in [3.63, 3.8) is 0 Å². The molecule has 3 aromatic rings. The molecule has 2 aliphatic rings. The van der Waals surface area contributed by atoms with Gasteiger partial charge in [0.15, 0.2) is 5.79 Å². The molecule has 204 valence electrons. The van der Waals surface area contributed by atoms with Crippen LogP contribution in [0.1, 0.15) is 18.1 Å². The Balaban J connectivity index is 1.08. The predicted octanol–water partition coefficient (Wildman–Crippen LogP) is 5.73. The molecule has 2 fully saturated rings. The second-order valence-electron chi connectivity index (χ2n) is 9.67. The van der Waals surface area contributed by atoms with Gasteiger partial charge in [-0.25, -0.2) is 0 Å². The minimum Gasteiger partial charge on any atom is -0.508 e. The number of nitrogens with zero attached hydrogens (tertiary/aromatic N) is 2. The topological polar surface area (TPSA) is 71.5 Å². The molecule has 2 atom stereocenters. The van der Waals surface area contributed by atoms with Gasteiger partial charge >= 0.3 is 0 Å². The van der Waals surface area contributed by atoms with E-state index < -0.39 is 5.79 Å². The van der Waals surface area contributed by atoms with Crippen molar-refractivity contribution in [2.24, 2.45) is 0 Å². The van der Waals surface area contributed by atoms with E-state index in [1.54, 1.807) is 42.5 Å². The van der Waals surface area contributed by atoms with Gasteiger partial charge in [0.2, 0.25) is 5.91 Å². The van der Waals surface area contributed by atoms with Crippen molar-refractivity contribution >= 4 is 40.9 Å². The van der Waals surface area contributed by atoms with Crippen LogP contribution in [0.25, 0.3) is 6.08 Å². The van der Waals surface area contributed by atoms with Crippen LogP contribution in [0.3, 0.4) is 0 Å². The Labute approximate surface area is 238 Å². The number of rotatable bonds is 7. The average Bonchev–Trinajstić information content (AvgIpc) is 3.32. The SMILES string of the molecule is C[C@]1(c2ccc(Cl)cc2Cl)OC[C@@H](COc2ccc(N3CCN(C(=O)/C=C/c4cccc(O)c4)CC3)cc2)O1. The van der Waals surface area contributed by atoms with Crippen LogP contribution >= 0.6 is 23.2 Å². The lowest BCUT2D eigenvalue weighted by atomic mass is 10.1. The van der Waals surface area contributed by atoms with E-state index in [1.807, 2.05) is 48.2 Å². The number of hydrogen-bond acceptors (Lipinski definition) is 6. The third-order valence-electron chi connectivity index (χ3n) is 6.87. The molecule has 0 aromatic heterocycles. The molecule has 39 heavy (non-hydrogen) atoms. The number of carbonyl (C=O) groups excluding carboxylic acids is 1. The second kappa shape index (κ2) is 11.9. The fourth-order valence-electron chi connectivity index (χ4n) is 4.75. The van der Waals surface area contributed by atoms with Gasteiger partial charge < -0.3 is 29.1 Å². The summed E-state index contributed by atoms with van der Waals surface area (Å²) in [6.45, 7) is 5.33. The third-order valence-corrected chi connectivity index (χ3v) is 7.42. The van der Waals surface area contributed by atoms with Crippen LogP contribution in [0.15, 0.2) is 72.8 Å². The minimum atomic E-state index is -0.955. The summed E-state index contributed by atoms with van der Waals surface area (Å²) >= 11 is 12.4. The molecule has 5 rings (SSSR count). The molecule has 7 nitrogen and oxygen atoms in total. The number of benzene rings is 3. The van der Waals surface area contributed by atoms with E-state index >= 15 is 0 Å². The molecule has 0 aliphatic carbocycles. The first-order chi connectivity index (χ1) is 18.8. The zero-order chi connectivity index (χ0) is 27.4. The molecule has 0 unspecified atom stereocenters. The number of carbonyl (C=O) groups is 1. The van der Waals surface area contributed by atoms with E-state index in [2.05, 4.69) is 4.90 Å². The number of anilines is 1. The highest BCUT2D eigenvalue weighted by Gasteiger charge is 2.40. The van der Waals surface area contributed by atoms with E-state index in [0.717, 1.165) is 35.7 Å². The first-order valence-electron chi connectivity index (χ1n) is 12.8. The summed E-state index contributed by atoms with van der Waals surface area (Å²) in [5, 5.41) is 10.6. The Morgan fingerprint density at radius 2 is 1.85 bits per heavy atom. The molecule has 0 spiro atoms. The van der Waals surface area contributed by atoms with Crippen molar-refractivity contribution in [2.75, 3.05) is 44.3 Å². The van der Waals surface area contributed by atoms with Gasteiger partial charge in [-0.05, 0) is 67.1 Å². The lowest BCUT2D eigenvalue weighted by molar-refractivity contribution is -0.164. The Morgan fingerprint density at radius 3 is 2.56 bits per heavy atom. The van der Waals surface area contributed by atoms with Gasteiger partial charge in [0.1, 0.15) is 24.2 Å². The molecular formula is C30H30Cl2N2O5. The maximum Gasteiger partial charge on any atom is 0.246 e. The van der Waals surface area contributed by atoms with Gasteiger partial charge in [-0.3, -0.25) is 4.79 Å². The summed E-state index contributed by atoms with van der Waals surface area (Å²) in [5.41, 5.74) is 2.60. The standard InChI is InChI=1S/C30H30Cl2N2O5/c1-30(27-11-6-22(31)18-28(27)32)38-20-26(39-30)19-37-25-9-7-23(8-10-25)33-13-15-34(16-14-33)29(36)12-5-21-3-2-4-24(35)17-21/h2-12,17-18,26,35H,13-16,19-20H2,1H3/b12-5+/t26-,30+/m1/s1. The summed E-state index contributed by atoms with van der Waals surface area (Å²) in [5.74, 6) is -0.0673. The number of halogens is 2. The number of aromatic hydroxyl groups is 1. The molecule has 3 aromatic carbocycles. The summed E-state index contributed by atoms with van der Waals surface area (Å²) in [4.78, 5) is 16.7. The van der Waals surface area contributed by atoms with Crippen LogP contribution in [-0.2, 0) is 20.1 Å². The number of piperazine rings is 1. The molecule has 2 aliphatic heterocycles. The Kier molecular flexibility index (Phi) is 8.33. The third kappa shape index (κ3) is 6.68.